The Labute approximate surface area is 174 Å². The molecule has 0 saturated carbocycles. The number of carbonyl (C=O) groups is 1. The van der Waals surface area contributed by atoms with Gasteiger partial charge in [-0.05, 0) is 36.3 Å². The molecule has 7 heteroatoms. The molecule has 1 fully saturated rings. The molecule has 0 radical (unpaired) electrons. The standard InChI is InChI=1S/C22H24N4O2S/c1-3-18-14-19-21(23-15-24-22(19)29-18)26-12-10-25(11-13-26)20(27)9-6-16-4-7-17(28-2)8-5-16/h4-9,14-15H,3,10-13H2,1-2H3/b9-6+. The van der Waals surface area contributed by atoms with Crippen LogP contribution in [0.3, 0.4) is 0 Å². The molecule has 1 aromatic carbocycles. The van der Waals surface area contributed by atoms with E-state index in [0.717, 1.165) is 46.9 Å². The van der Waals surface area contributed by atoms with Crippen molar-refractivity contribution in [1.82, 2.24) is 14.9 Å². The van der Waals surface area contributed by atoms with Crippen LogP contribution in [0.1, 0.15) is 17.4 Å². The van der Waals surface area contributed by atoms with Crippen molar-refractivity contribution < 1.29 is 9.53 Å². The minimum Gasteiger partial charge on any atom is -0.497 e. The summed E-state index contributed by atoms with van der Waals surface area (Å²) < 4.78 is 5.16. The average Bonchev–Trinajstić information content (AvgIpc) is 3.21. The Kier molecular flexibility index (Phi) is 5.76. The summed E-state index contributed by atoms with van der Waals surface area (Å²) in [4.78, 5) is 28.0. The van der Waals surface area contributed by atoms with E-state index in [0.29, 0.717) is 13.1 Å². The lowest BCUT2D eigenvalue weighted by Gasteiger charge is -2.35. The van der Waals surface area contributed by atoms with Gasteiger partial charge in [0.05, 0.1) is 12.5 Å². The van der Waals surface area contributed by atoms with Crippen LogP contribution in [0.25, 0.3) is 16.3 Å². The highest BCUT2D eigenvalue weighted by Gasteiger charge is 2.22. The maximum Gasteiger partial charge on any atom is 0.246 e. The maximum atomic E-state index is 12.6. The van der Waals surface area contributed by atoms with Crippen molar-refractivity contribution in [3.8, 4) is 5.75 Å². The molecule has 3 aromatic rings. The van der Waals surface area contributed by atoms with Crippen LogP contribution < -0.4 is 9.64 Å². The van der Waals surface area contributed by atoms with Crippen LogP contribution in [0.15, 0.2) is 42.7 Å². The second kappa shape index (κ2) is 8.61. The predicted octanol–water partition coefficient (Wildman–Crippen LogP) is 3.62. The normalized spacial score (nSPS) is 14.7. The van der Waals surface area contributed by atoms with Crippen LogP contribution in [0.2, 0.25) is 0 Å². The second-order valence-electron chi connectivity index (χ2n) is 6.90. The Balaban J connectivity index is 1.39. The fourth-order valence-electron chi connectivity index (χ4n) is 3.45. The van der Waals surface area contributed by atoms with E-state index >= 15 is 0 Å². The molecule has 29 heavy (non-hydrogen) atoms. The Hall–Kier alpha value is -2.93. The number of aromatic nitrogens is 2. The first-order chi connectivity index (χ1) is 14.2. The van der Waals surface area contributed by atoms with Gasteiger partial charge in [0, 0.05) is 37.1 Å². The lowest BCUT2D eigenvalue weighted by Crippen LogP contribution is -2.48. The number of amides is 1. The zero-order valence-electron chi connectivity index (χ0n) is 16.7. The molecular formula is C22H24N4O2S. The molecule has 1 aliphatic rings. The van der Waals surface area contributed by atoms with E-state index in [-0.39, 0.29) is 5.91 Å². The molecule has 1 saturated heterocycles. The molecular weight excluding hydrogens is 384 g/mol. The van der Waals surface area contributed by atoms with Crippen molar-refractivity contribution in [2.24, 2.45) is 0 Å². The van der Waals surface area contributed by atoms with Gasteiger partial charge < -0.3 is 14.5 Å². The van der Waals surface area contributed by atoms with Gasteiger partial charge in [-0.2, -0.15) is 0 Å². The fourth-order valence-corrected chi connectivity index (χ4v) is 4.38. The smallest absolute Gasteiger partial charge is 0.246 e. The second-order valence-corrected chi connectivity index (χ2v) is 8.02. The van der Waals surface area contributed by atoms with Gasteiger partial charge in [0.15, 0.2) is 0 Å². The first-order valence-electron chi connectivity index (χ1n) is 9.77. The summed E-state index contributed by atoms with van der Waals surface area (Å²) in [5.41, 5.74) is 0.977. The van der Waals surface area contributed by atoms with Gasteiger partial charge >= 0.3 is 0 Å². The number of piperazine rings is 1. The molecule has 0 bridgehead atoms. The number of anilines is 1. The Morgan fingerprint density at radius 2 is 1.93 bits per heavy atom. The van der Waals surface area contributed by atoms with E-state index in [1.165, 1.54) is 4.88 Å². The number of aryl methyl sites for hydroxylation is 1. The molecule has 150 valence electrons. The Bertz CT molecular complexity index is 1020. The Morgan fingerprint density at radius 3 is 2.62 bits per heavy atom. The van der Waals surface area contributed by atoms with E-state index in [2.05, 4.69) is 27.9 Å². The van der Waals surface area contributed by atoms with E-state index in [1.807, 2.05) is 35.2 Å². The highest BCUT2D eigenvalue weighted by molar-refractivity contribution is 7.18. The molecule has 0 N–H and O–H groups in total. The van der Waals surface area contributed by atoms with E-state index in [1.54, 1.807) is 30.8 Å². The van der Waals surface area contributed by atoms with Crippen LogP contribution >= 0.6 is 11.3 Å². The number of hydrogen-bond donors (Lipinski definition) is 0. The third kappa shape index (κ3) is 4.24. The van der Waals surface area contributed by atoms with Crippen LogP contribution in [0.5, 0.6) is 5.75 Å². The first kappa shape index (κ1) is 19.4. The lowest BCUT2D eigenvalue weighted by atomic mass is 10.2. The summed E-state index contributed by atoms with van der Waals surface area (Å²) in [7, 11) is 1.64. The summed E-state index contributed by atoms with van der Waals surface area (Å²) in [5, 5.41) is 1.12. The van der Waals surface area contributed by atoms with Gasteiger partial charge in [-0.3, -0.25) is 4.79 Å². The molecule has 6 nitrogen and oxygen atoms in total. The molecule has 0 spiro atoms. The summed E-state index contributed by atoms with van der Waals surface area (Å²) in [6.45, 7) is 5.06. The van der Waals surface area contributed by atoms with Crippen molar-refractivity contribution in [3.63, 3.8) is 0 Å². The third-order valence-corrected chi connectivity index (χ3v) is 6.32. The highest BCUT2D eigenvalue weighted by atomic mass is 32.1. The zero-order chi connectivity index (χ0) is 20.2. The van der Waals surface area contributed by atoms with Gasteiger partial charge in [0.1, 0.15) is 22.7 Å². The highest BCUT2D eigenvalue weighted by Crippen LogP contribution is 2.31. The third-order valence-electron chi connectivity index (χ3n) is 5.13. The summed E-state index contributed by atoms with van der Waals surface area (Å²) in [6, 6.07) is 9.85. The van der Waals surface area contributed by atoms with Crippen LogP contribution in [-0.4, -0.2) is 54.1 Å². The molecule has 3 heterocycles. The summed E-state index contributed by atoms with van der Waals surface area (Å²) in [6.07, 6.45) is 6.14. The summed E-state index contributed by atoms with van der Waals surface area (Å²) >= 11 is 1.73. The van der Waals surface area contributed by atoms with Gasteiger partial charge in [0.25, 0.3) is 0 Å². The molecule has 0 aliphatic carbocycles. The largest absolute Gasteiger partial charge is 0.497 e. The van der Waals surface area contributed by atoms with Gasteiger partial charge in [-0.25, -0.2) is 9.97 Å². The molecule has 4 rings (SSSR count). The number of rotatable bonds is 5. The van der Waals surface area contributed by atoms with E-state index < -0.39 is 0 Å². The SMILES string of the molecule is CCc1cc2c(N3CCN(C(=O)/C=C/c4ccc(OC)cc4)CC3)ncnc2s1. The quantitative estimate of drug-likeness (QED) is 0.604. The average molecular weight is 409 g/mol. The molecule has 2 aromatic heterocycles. The van der Waals surface area contributed by atoms with Gasteiger partial charge in [-0.15, -0.1) is 11.3 Å². The van der Waals surface area contributed by atoms with Crippen molar-refractivity contribution in [1.29, 1.82) is 0 Å². The number of benzene rings is 1. The molecule has 0 atom stereocenters. The van der Waals surface area contributed by atoms with Gasteiger partial charge in [-0.1, -0.05) is 19.1 Å². The number of nitrogens with zero attached hydrogens (tertiary/aromatic N) is 4. The lowest BCUT2D eigenvalue weighted by molar-refractivity contribution is -0.126. The van der Waals surface area contributed by atoms with E-state index in [9.17, 15) is 4.79 Å². The Morgan fingerprint density at radius 1 is 1.17 bits per heavy atom. The van der Waals surface area contributed by atoms with Crippen molar-refractivity contribution in [2.45, 2.75) is 13.3 Å². The zero-order valence-corrected chi connectivity index (χ0v) is 17.5. The fraction of sp³-hybridized carbons (Fsp3) is 0.318. The van der Waals surface area contributed by atoms with Gasteiger partial charge in [0.2, 0.25) is 5.91 Å². The van der Waals surface area contributed by atoms with Crippen LogP contribution in [0.4, 0.5) is 5.82 Å². The maximum absolute atomic E-state index is 12.6. The number of carbonyl (C=O) groups excluding carboxylic acids is 1. The molecule has 0 unspecified atom stereocenters. The van der Waals surface area contributed by atoms with Crippen LogP contribution in [-0.2, 0) is 11.2 Å². The number of thiophene rings is 1. The predicted molar refractivity (Wildman–Crippen MR) is 118 cm³/mol. The number of ether oxygens (including phenoxy) is 1. The number of fused-ring (bicyclic) bond motifs is 1. The molecule has 1 aliphatic heterocycles. The summed E-state index contributed by atoms with van der Waals surface area (Å²) in [5.74, 6) is 1.82. The first-order valence-corrected chi connectivity index (χ1v) is 10.6. The molecule has 1 amide bonds. The van der Waals surface area contributed by atoms with Crippen molar-refractivity contribution in [2.75, 3.05) is 38.2 Å². The number of hydrogen-bond acceptors (Lipinski definition) is 6. The minimum atomic E-state index is 0.0390. The van der Waals surface area contributed by atoms with E-state index in [4.69, 9.17) is 4.74 Å². The van der Waals surface area contributed by atoms with Crippen molar-refractivity contribution >= 4 is 39.4 Å². The monoisotopic (exact) mass is 408 g/mol. The van der Waals surface area contributed by atoms with Crippen molar-refractivity contribution in [3.05, 3.63) is 53.2 Å². The van der Waals surface area contributed by atoms with Crippen LogP contribution in [0, 0.1) is 0 Å². The minimum absolute atomic E-state index is 0.0390. The topological polar surface area (TPSA) is 58.6 Å². The number of methoxy groups -OCH3 is 1.